The van der Waals surface area contributed by atoms with Crippen molar-refractivity contribution in [3.8, 4) is 5.69 Å². The van der Waals surface area contributed by atoms with E-state index in [1.54, 1.807) is 29.0 Å². The number of aromatic carboxylic acids is 1. The van der Waals surface area contributed by atoms with E-state index >= 15 is 0 Å². The van der Waals surface area contributed by atoms with Crippen molar-refractivity contribution in [3.63, 3.8) is 0 Å². The first-order valence-electron chi connectivity index (χ1n) is 9.42. The van der Waals surface area contributed by atoms with Crippen LogP contribution in [0.2, 0.25) is 0 Å². The van der Waals surface area contributed by atoms with Crippen LogP contribution in [-0.2, 0) is 6.54 Å². The number of carboxylic acids is 1. The third-order valence-electron chi connectivity index (χ3n) is 4.68. The van der Waals surface area contributed by atoms with Crippen molar-refractivity contribution < 1.29 is 19.1 Å². The average molecular weight is 436 g/mol. The Hall–Kier alpha value is -4.54. The molecule has 0 aliphatic carbocycles. The molecule has 0 saturated heterocycles. The fourth-order valence-corrected chi connectivity index (χ4v) is 3.14. The Morgan fingerprint density at radius 2 is 2.03 bits per heavy atom. The minimum Gasteiger partial charge on any atom is -0.476 e. The number of halogens is 1. The smallest absolute Gasteiger partial charge is 0.360 e. The van der Waals surface area contributed by atoms with Crippen molar-refractivity contribution >= 4 is 28.7 Å². The van der Waals surface area contributed by atoms with Crippen molar-refractivity contribution in [2.24, 2.45) is 0 Å². The van der Waals surface area contributed by atoms with Gasteiger partial charge in [0.1, 0.15) is 5.82 Å². The molecule has 0 saturated carbocycles. The van der Waals surface area contributed by atoms with E-state index in [-0.39, 0.29) is 12.2 Å². The molecule has 2 heterocycles. The van der Waals surface area contributed by atoms with E-state index < -0.39 is 29.1 Å². The summed E-state index contributed by atoms with van der Waals surface area (Å²) in [6, 6.07) is 8.56. The van der Waals surface area contributed by atoms with Crippen LogP contribution < -0.4 is 16.2 Å². The number of para-hydroxylation sites is 1. The normalized spacial score (nSPS) is 10.8. The van der Waals surface area contributed by atoms with Crippen LogP contribution in [0.5, 0.6) is 0 Å². The number of aryl methyl sites for hydroxylation is 1. The molecule has 2 amide bonds. The lowest BCUT2D eigenvalue weighted by Gasteiger charge is -2.09. The number of carboxylic acid groups (broad SMARTS) is 1. The van der Waals surface area contributed by atoms with Crippen LogP contribution in [0.15, 0.2) is 53.7 Å². The van der Waals surface area contributed by atoms with Crippen molar-refractivity contribution in [1.29, 1.82) is 0 Å². The first kappa shape index (κ1) is 20.7. The topological polar surface area (TPSA) is 142 Å². The van der Waals surface area contributed by atoms with Gasteiger partial charge < -0.3 is 25.3 Å². The molecule has 162 valence electrons. The number of carbonyl (C=O) groups excluding carboxylic acids is 1. The van der Waals surface area contributed by atoms with E-state index in [1.807, 2.05) is 6.92 Å². The predicted molar refractivity (Wildman–Crippen MR) is 113 cm³/mol. The summed E-state index contributed by atoms with van der Waals surface area (Å²) in [6.07, 6.45) is 3.21. The number of hydrogen-bond acceptors (Lipinski definition) is 5. The molecular weight excluding hydrogens is 419 g/mol. The Morgan fingerprint density at radius 1 is 1.25 bits per heavy atom. The van der Waals surface area contributed by atoms with Crippen molar-refractivity contribution in [2.45, 2.75) is 13.5 Å². The molecule has 0 spiro atoms. The number of nitrogens with one attached hydrogen (secondary N) is 3. The number of aromatic amines is 1. The zero-order valence-corrected chi connectivity index (χ0v) is 16.7. The molecule has 0 fully saturated rings. The van der Waals surface area contributed by atoms with Gasteiger partial charge in [0.05, 0.1) is 41.0 Å². The van der Waals surface area contributed by atoms with Gasteiger partial charge in [-0.15, -0.1) is 0 Å². The monoisotopic (exact) mass is 436 g/mol. The van der Waals surface area contributed by atoms with Gasteiger partial charge in [0.25, 0.3) is 5.56 Å². The third-order valence-corrected chi connectivity index (χ3v) is 4.68. The summed E-state index contributed by atoms with van der Waals surface area (Å²) in [5.74, 6) is -1.96. The SMILES string of the molecule is Cc1cc2[nH]c(=O)c(C(=O)O)nc2cc1-n1cnc(CNC(=O)Nc2ccccc2F)c1. The maximum atomic E-state index is 13.6. The molecule has 0 atom stereocenters. The van der Waals surface area contributed by atoms with Crippen molar-refractivity contribution in [2.75, 3.05) is 5.32 Å². The minimum absolute atomic E-state index is 0.0635. The Labute approximate surface area is 179 Å². The molecule has 10 nitrogen and oxygen atoms in total. The van der Waals surface area contributed by atoms with Crippen LogP contribution in [-0.4, -0.2) is 36.6 Å². The third kappa shape index (κ3) is 4.17. The zero-order chi connectivity index (χ0) is 22.8. The van der Waals surface area contributed by atoms with Crippen LogP contribution in [0.3, 0.4) is 0 Å². The maximum absolute atomic E-state index is 13.6. The molecule has 4 aromatic rings. The number of urea groups is 1. The quantitative estimate of drug-likeness (QED) is 0.379. The molecule has 4 rings (SSSR count). The van der Waals surface area contributed by atoms with Gasteiger partial charge in [-0.1, -0.05) is 12.1 Å². The number of benzene rings is 2. The summed E-state index contributed by atoms with van der Waals surface area (Å²) < 4.78 is 15.3. The number of H-pyrrole nitrogens is 1. The lowest BCUT2D eigenvalue weighted by Crippen LogP contribution is -2.28. The summed E-state index contributed by atoms with van der Waals surface area (Å²) >= 11 is 0. The first-order chi connectivity index (χ1) is 15.3. The Kier molecular flexibility index (Phi) is 5.37. The highest BCUT2D eigenvalue weighted by molar-refractivity contribution is 5.89. The molecule has 0 radical (unpaired) electrons. The first-order valence-corrected chi connectivity index (χ1v) is 9.42. The number of aromatic nitrogens is 4. The second-order valence-corrected chi connectivity index (χ2v) is 6.94. The number of amides is 2. The number of nitrogens with zero attached hydrogens (tertiary/aromatic N) is 3. The largest absolute Gasteiger partial charge is 0.476 e. The maximum Gasteiger partial charge on any atom is 0.360 e. The summed E-state index contributed by atoms with van der Waals surface area (Å²) in [4.78, 5) is 45.7. The van der Waals surface area contributed by atoms with E-state index in [0.29, 0.717) is 22.4 Å². The Bertz CT molecular complexity index is 1410. The van der Waals surface area contributed by atoms with Gasteiger partial charge in [0.15, 0.2) is 0 Å². The van der Waals surface area contributed by atoms with Gasteiger partial charge >= 0.3 is 12.0 Å². The van der Waals surface area contributed by atoms with Gasteiger partial charge in [-0.25, -0.2) is 23.9 Å². The molecule has 0 unspecified atom stereocenters. The number of hydrogen-bond donors (Lipinski definition) is 4. The number of fused-ring (bicyclic) bond motifs is 1. The molecule has 0 bridgehead atoms. The molecule has 0 aliphatic heterocycles. The van der Waals surface area contributed by atoms with E-state index in [2.05, 4.69) is 25.6 Å². The van der Waals surface area contributed by atoms with E-state index in [9.17, 15) is 18.8 Å². The van der Waals surface area contributed by atoms with Crippen molar-refractivity contribution in [1.82, 2.24) is 24.8 Å². The highest BCUT2D eigenvalue weighted by Crippen LogP contribution is 2.20. The van der Waals surface area contributed by atoms with Gasteiger partial charge in [0, 0.05) is 6.20 Å². The van der Waals surface area contributed by atoms with E-state index in [0.717, 1.165) is 5.56 Å². The standard InChI is InChI=1S/C21H17FN6O4/c1-11-6-15-16(25-18(20(30)31)19(29)26-15)7-17(11)28-9-12(24-10-28)8-23-21(32)27-14-5-3-2-4-13(14)22/h2-7,9-10H,8H2,1H3,(H,26,29)(H,30,31)(H2,23,27,32). The van der Waals surface area contributed by atoms with Crippen LogP contribution in [0.4, 0.5) is 14.9 Å². The summed E-state index contributed by atoms with van der Waals surface area (Å²) in [5, 5.41) is 14.1. The van der Waals surface area contributed by atoms with Gasteiger partial charge in [-0.05, 0) is 36.8 Å². The molecule has 11 heteroatoms. The summed E-state index contributed by atoms with van der Waals surface area (Å²) in [6.45, 7) is 1.91. The number of rotatable bonds is 5. The molecule has 2 aromatic heterocycles. The lowest BCUT2D eigenvalue weighted by atomic mass is 10.1. The van der Waals surface area contributed by atoms with Crippen LogP contribution >= 0.6 is 0 Å². The summed E-state index contributed by atoms with van der Waals surface area (Å²) in [7, 11) is 0. The highest BCUT2D eigenvalue weighted by Gasteiger charge is 2.14. The van der Waals surface area contributed by atoms with E-state index in [4.69, 9.17) is 5.11 Å². The number of imidazole rings is 1. The van der Waals surface area contributed by atoms with Crippen LogP contribution in [0.25, 0.3) is 16.7 Å². The van der Waals surface area contributed by atoms with E-state index in [1.165, 1.54) is 24.5 Å². The number of carbonyl (C=O) groups is 2. The summed E-state index contributed by atoms with van der Waals surface area (Å²) in [5.41, 5.74) is 1.40. The Balaban J connectivity index is 1.52. The predicted octanol–water partition coefficient (Wildman–Crippen LogP) is 2.58. The van der Waals surface area contributed by atoms with Gasteiger partial charge in [-0.2, -0.15) is 0 Å². The highest BCUT2D eigenvalue weighted by atomic mass is 19.1. The molecule has 4 N–H and O–H groups in total. The van der Waals surface area contributed by atoms with Crippen LogP contribution in [0.1, 0.15) is 21.7 Å². The average Bonchev–Trinajstić information content (AvgIpc) is 3.21. The molecule has 0 aliphatic rings. The minimum atomic E-state index is -1.42. The van der Waals surface area contributed by atoms with Crippen LogP contribution in [0, 0.1) is 12.7 Å². The molecular formula is C21H17FN6O4. The number of anilines is 1. The van der Waals surface area contributed by atoms with Gasteiger partial charge in [0.2, 0.25) is 5.69 Å². The molecule has 2 aromatic carbocycles. The van der Waals surface area contributed by atoms with Gasteiger partial charge in [-0.3, -0.25) is 4.79 Å². The fraction of sp³-hybridized carbons (Fsp3) is 0.0952. The zero-order valence-electron chi connectivity index (χ0n) is 16.7. The Morgan fingerprint density at radius 3 is 2.78 bits per heavy atom. The lowest BCUT2D eigenvalue weighted by molar-refractivity contribution is 0.0689. The molecule has 32 heavy (non-hydrogen) atoms. The second kappa shape index (κ2) is 8.30. The van der Waals surface area contributed by atoms with Crippen molar-refractivity contribution in [3.05, 3.63) is 82.0 Å². The second-order valence-electron chi connectivity index (χ2n) is 6.94. The fourth-order valence-electron chi connectivity index (χ4n) is 3.14.